The van der Waals surface area contributed by atoms with Crippen LogP contribution >= 0.6 is 11.6 Å². The third-order valence-corrected chi connectivity index (χ3v) is 6.43. The van der Waals surface area contributed by atoms with E-state index >= 15 is 0 Å². The zero-order valence-corrected chi connectivity index (χ0v) is 16.6. The van der Waals surface area contributed by atoms with Gasteiger partial charge < -0.3 is 0 Å². The van der Waals surface area contributed by atoms with Gasteiger partial charge in [0.15, 0.2) is 5.65 Å². The van der Waals surface area contributed by atoms with Gasteiger partial charge in [0.2, 0.25) is 0 Å². The summed E-state index contributed by atoms with van der Waals surface area (Å²) in [4.78, 5) is 0.161. The van der Waals surface area contributed by atoms with Gasteiger partial charge in [0.1, 0.15) is 10.7 Å². The minimum absolute atomic E-state index is 0.161. The largest absolute Gasteiger partial charge is 0.285 e. The fourth-order valence-electron chi connectivity index (χ4n) is 2.94. The van der Waals surface area contributed by atoms with Gasteiger partial charge in [-0.2, -0.15) is 0 Å². The first-order chi connectivity index (χ1) is 13.4. The Morgan fingerprint density at radius 2 is 1.68 bits per heavy atom. The minimum Gasteiger partial charge on any atom is -0.285 e. The molecule has 0 aliphatic heterocycles. The van der Waals surface area contributed by atoms with E-state index in [9.17, 15) is 8.42 Å². The van der Waals surface area contributed by atoms with Crippen LogP contribution in [0.5, 0.6) is 0 Å². The first kappa shape index (κ1) is 18.5. The maximum atomic E-state index is 13.5. The average Bonchev–Trinajstić information content (AvgIpc) is 3.08. The summed E-state index contributed by atoms with van der Waals surface area (Å²) < 4.78 is 30.1. The highest BCUT2D eigenvalue weighted by atomic mass is 35.5. The number of rotatable bonds is 5. The van der Waals surface area contributed by atoms with Crippen molar-refractivity contribution in [2.45, 2.75) is 18.4 Å². The van der Waals surface area contributed by atoms with Gasteiger partial charge in [-0.05, 0) is 48.9 Å². The Balaban J connectivity index is 1.83. The number of aromatic nitrogens is 3. The molecule has 6 nitrogen and oxygen atoms in total. The highest BCUT2D eigenvalue weighted by Crippen LogP contribution is 2.27. The minimum atomic E-state index is -3.84. The Morgan fingerprint density at radius 1 is 0.964 bits per heavy atom. The summed E-state index contributed by atoms with van der Waals surface area (Å²) in [6.45, 7) is 1.97. The second kappa shape index (κ2) is 7.26. The molecule has 0 saturated carbocycles. The Hall–Kier alpha value is -2.90. The number of halogens is 1. The summed E-state index contributed by atoms with van der Waals surface area (Å²) in [5.74, 6) is 0.619. The van der Waals surface area contributed by atoms with Crippen molar-refractivity contribution in [3.63, 3.8) is 0 Å². The molecular formula is C20H17ClN4O2S. The molecule has 0 saturated heterocycles. The lowest BCUT2D eigenvalue weighted by atomic mass is 10.2. The molecule has 142 valence electrons. The molecular weight excluding hydrogens is 396 g/mol. The molecule has 8 heteroatoms. The van der Waals surface area contributed by atoms with Crippen LogP contribution < -0.4 is 4.31 Å². The van der Waals surface area contributed by atoms with Crippen molar-refractivity contribution in [1.82, 2.24) is 14.6 Å². The lowest BCUT2D eigenvalue weighted by Crippen LogP contribution is -2.30. The number of aryl methyl sites for hydroxylation is 1. The second-order valence-corrected chi connectivity index (χ2v) is 8.61. The van der Waals surface area contributed by atoms with E-state index in [0.29, 0.717) is 22.2 Å². The molecule has 2 aromatic heterocycles. The maximum Gasteiger partial charge on any atom is 0.266 e. The van der Waals surface area contributed by atoms with E-state index in [1.807, 2.05) is 30.3 Å². The predicted octanol–water partition coefficient (Wildman–Crippen LogP) is 4.09. The molecule has 0 aliphatic rings. The van der Waals surface area contributed by atoms with Crippen LogP contribution in [0, 0.1) is 6.92 Å². The molecule has 4 aromatic rings. The van der Waals surface area contributed by atoms with Gasteiger partial charge >= 0.3 is 0 Å². The normalized spacial score (nSPS) is 11.6. The third kappa shape index (κ3) is 3.46. The van der Waals surface area contributed by atoms with Crippen molar-refractivity contribution in [1.29, 1.82) is 0 Å². The topological polar surface area (TPSA) is 67.6 Å². The lowest BCUT2D eigenvalue weighted by molar-refractivity contribution is 0.590. The quantitative estimate of drug-likeness (QED) is 0.495. The van der Waals surface area contributed by atoms with E-state index in [1.54, 1.807) is 53.9 Å². The van der Waals surface area contributed by atoms with Gasteiger partial charge in [-0.1, -0.05) is 41.9 Å². The van der Waals surface area contributed by atoms with E-state index < -0.39 is 10.0 Å². The molecule has 2 heterocycles. The standard InChI is InChI=1S/C20H17ClN4O2S/c1-15-22-23-20-12-11-19(14-24(15)20)28(26,27)25(13-16-5-3-2-4-6-16)18-9-7-17(21)8-10-18/h2-12,14H,13H2,1H3. The van der Waals surface area contributed by atoms with Gasteiger partial charge in [0.25, 0.3) is 10.0 Å². The predicted molar refractivity (Wildman–Crippen MR) is 109 cm³/mol. The SMILES string of the molecule is Cc1nnc2ccc(S(=O)(=O)N(Cc3ccccc3)c3ccc(Cl)cc3)cn12. The summed E-state index contributed by atoms with van der Waals surface area (Å²) in [5.41, 5.74) is 2.01. The number of benzene rings is 2. The fraction of sp³-hybridized carbons (Fsp3) is 0.100. The number of fused-ring (bicyclic) bond motifs is 1. The second-order valence-electron chi connectivity index (χ2n) is 6.31. The van der Waals surface area contributed by atoms with Crippen molar-refractivity contribution in [3.05, 3.63) is 89.3 Å². The van der Waals surface area contributed by atoms with Crippen molar-refractivity contribution < 1.29 is 8.42 Å². The summed E-state index contributed by atoms with van der Waals surface area (Å²) in [7, 11) is -3.84. The van der Waals surface area contributed by atoms with Crippen LogP contribution in [0.4, 0.5) is 5.69 Å². The van der Waals surface area contributed by atoms with Crippen molar-refractivity contribution >= 4 is 33.0 Å². The fourth-order valence-corrected chi connectivity index (χ4v) is 4.51. The summed E-state index contributed by atoms with van der Waals surface area (Å²) in [5, 5.41) is 8.54. The molecule has 0 aliphatic carbocycles. The average molecular weight is 413 g/mol. The van der Waals surface area contributed by atoms with E-state index in [4.69, 9.17) is 11.6 Å². The summed E-state index contributed by atoms with van der Waals surface area (Å²) >= 11 is 5.99. The number of nitrogens with zero attached hydrogens (tertiary/aromatic N) is 4. The van der Waals surface area contributed by atoms with E-state index in [0.717, 1.165) is 5.56 Å². The van der Waals surface area contributed by atoms with E-state index in [2.05, 4.69) is 10.2 Å². The van der Waals surface area contributed by atoms with E-state index in [1.165, 1.54) is 4.31 Å². The molecule has 2 aromatic carbocycles. The van der Waals surface area contributed by atoms with Crippen molar-refractivity contribution in [3.8, 4) is 0 Å². The molecule has 4 rings (SSSR count). The van der Waals surface area contributed by atoms with Crippen LogP contribution in [0.1, 0.15) is 11.4 Å². The monoisotopic (exact) mass is 412 g/mol. The Labute approximate surface area is 168 Å². The highest BCUT2D eigenvalue weighted by Gasteiger charge is 2.26. The molecule has 0 N–H and O–H groups in total. The highest BCUT2D eigenvalue weighted by molar-refractivity contribution is 7.92. The van der Waals surface area contributed by atoms with Crippen LogP contribution in [0.3, 0.4) is 0 Å². The molecule has 0 fully saturated rings. The number of pyridine rings is 1. The van der Waals surface area contributed by atoms with Crippen LogP contribution in [0.2, 0.25) is 5.02 Å². The number of hydrogen-bond donors (Lipinski definition) is 0. The van der Waals surface area contributed by atoms with Crippen molar-refractivity contribution in [2.75, 3.05) is 4.31 Å². The Morgan fingerprint density at radius 3 is 2.39 bits per heavy atom. The zero-order chi connectivity index (χ0) is 19.7. The van der Waals surface area contributed by atoms with Crippen LogP contribution in [0.25, 0.3) is 5.65 Å². The third-order valence-electron chi connectivity index (χ3n) is 4.42. The van der Waals surface area contributed by atoms with Gasteiger partial charge in [-0.25, -0.2) is 8.42 Å². The zero-order valence-electron chi connectivity index (χ0n) is 15.0. The molecule has 0 atom stereocenters. The smallest absolute Gasteiger partial charge is 0.266 e. The summed E-state index contributed by atoms with van der Waals surface area (Å²) in [6, 6.07) is 19.4. The first-order valence-corrected chi connectivity index (χ1v) is 10.4. The van der Waals surface area contributed by atoms with Crippen molar-refractivity contribution in [2.24, 2.45) is 0 Å². The molecule has 0 amide bonds. The van der Waals surface area contributed by atoms with Gasteiger partial charge in [0.05, 0.1) is 12.2 Å². The Kier molecular flexibility index (Phi) is 4.78. The first-order valence-electron chi connectivity index (χ1n) is 8.59. The van der Waals surface area contributed by atoms with Crippen LogP contribution in [-0.2, 0) is 16.6 Å². The van der Waals surface area contributed by atoms with Gasteiger partial charge in [-0.15, -0.1) is 10.2 Å². The summed E-state index contributed by atoms with van der Waals surface area (Å²) in [6.07, 6.45) is 1.55. The number of anilines is 1. The van der Waals surface area contributed by atoms with Gasteiger partial charge in [0, 0.05) is 11.2 Å². The molecule has 0 unspecified atom stereocenters. The Bertz CT molecular complexity index is 1220. The lowest BCUT2D eigenvalue weighted by Gasteiger charge is -2.25. The van der Waals surface area contributed by atoms with Crippen LogP contribution in [0.15, 0.2) is 77.8 Å². The molecule has 28 heavy (non-hydrogen) atoms. The molecule has 0 bridgehead atoms. The molecule has 0 spiro atoms. The number of sulfonamides is 1. The molecule has 0 radical (unpaired) electrons. The van der Waals surface area contributed by atoms with E-state index in [-0.39, 0.29) is 11.4 Å². The van der Waals surface area contributed by atoms with Crippen LogP contribution in [-0.4, -0.2) is 23.0 Å². The number of hydrogen-bond acceptors (Lipinski definition) is 4. The van der Waals surface area contributed by atoms with Gasteiger partial charge in [-0.3, -0.25) is 8.71 Å². The maximum absolute atomic E-state index is 13.5.